The van der Waals surface area contributed by atoms with Gasteiger partial charge in [-0.05, 0) is 17.5 Å². The third kappa shape index (κ3) is 3.30. The largest absolute Gasteiger partial charge is 0.290 e. The number of fused-ring (bicyclic) bond motifs is 1. The first-order valence-electron chi connectivity index (χ1n) is 5.99. The molecule has 0 radical (unpaired) electrons. The van der Waals surface area contributed by atoms with E-state index in [1.54, 1.807) is 0 Å². The molecule has 0 atom stereocenters. The molecule has 1 aliphatic rings. The van der Waals surface area contributed by atoms with Crippen molar-refractivity contribution in [3.63, 3.8) is 0 Å². The van der Waals surface area contributed by atoms with Gasteiger partial charge in [-0.15, -0.1) is 0 Å². The molecule has 96 valence electrons. The Morgan fingerprint density at radius 1 is 1.22 bits per heavy atom. The molecule has 1 aromatic carbocycles. The molecule has 0 bridgehead atoms. The SMILES string of the molecule is CC(=O)NNC(=O)CN1CCc2ccccc2C1. The first-order chi connectivity index (χ1) is 8.65. The third-order valence-corrected chi connectivity index (χ3v) is 2.95. The van der Waals surface area contributed by atoms with Crippen LogP contribution in [0.2, 0.25) is 0 Å². The van der Waals surface area contributed by atoms with Crippen LogP contribution in [0.4, 0.5) is 0 Å². The van der Waals surface area contributed by atoms with Crippen molar-refractivity contribution in [1.82, 2.24) is 15.8 Å². The van der Waals surface area contributed by atoms with Crippen LogP contribution in [0.1, 0.15) is 18.1 Å². The van der Waals surface area contributed by atoms with E-state index in [-0.39, 0.29) is 11.8 Å². The third-order valence-electron chi connectivity index (χ3n) is 2.95. The van der Waals surface area contributed by atoms with E-state index in [9.17, 15) is 9.59 Å². The van der Waals surface area contributed by atoms with E-state index >= 15 is 0 Å². The van der Waals surface area contributed by atoms with Gasteiger partial charge in [-0.2, -0.15) is 0 Å². The molecule has 0 saturated carbocycles. The highest BCUT2D eigenvalue weighted by molar-refractivity contribution is 5.81. The predicted molar refractivity (Wildman–Crippen MR) is 67.4 cm³/mol. The van der Waals surface area contributed by atoms with Crippen LogP contribution in [0.5, 0.6) is 0 Å². The molecule has 2 rings (SSSR count). The summed E-state index contributed by atoms with van der Waals surface area (Å²) in [4.78, 5) is 24.3. The molecule has 18 heavy (non-hydrogen) atoms. The zero-order chi connectivity index (χ0) is 13.0. The molecule has 1 heterocycles. The van der Waals surface area contributed by atoms with E-state index < -0.39 is 0 Å². The summed E-state index contributed by atoms with van der Waals surface area (Å²) >= 11 is 0. The molecule has 0 spiro atoms. The highest BCUT2D eigenvalue weighted by atomic mass is 16.2. The fourth-order valence-electron chi connectivity index (χ4n) is 2.09. The minimum Gasteiger partial charge on any atom is -0.290 e. The lowest BCUT2D eigenvalue weighted by Crippen LogP contribution is -2.46. The second-order valence-corrected chi connectivity index (χ2v) is 4.46. The van der Waals surface area contributed by atoms with Gasteiger partial charge in [0.1, 0.15) is 0 Å². The standard InChI is InChI=1S/C13H17N3O2/c1-10(17)14-15-13(18)9-16-7-6-11-4-2-3-5-12(11)8-16/h2-5H,6-9H2,1H3,(H,14,17)(H,15,18). The van der Waals surface area contributed by atoms with Crippen molar-refractivity contribution >= 4 is 11.8 Å². The Labute approximate surface area is 106 Å². The van der Waals surface area contributed by atoms with Gasteiger partial charge in [-0.25, -0.2) is 0 Å². The molecule has 1 aromatic rings. The summed E-state index contributed by atoms with van der Waals surface area (Å²) in [6, 6.07) is 8.27. The molecule has 0 unspecified atom stereocenters. The Kier molecular flexibility index (Phi) is 3.94. The van der Waals surface area contributed by atoms with Crippen molar-refractivity contribution in [2.75, 3.05) is 13.1 Å². The van der Waals surface area contributed by atoms with Gasteiger partial charge in [0.15, 0.2) is 0 Å². The lowest BCUT2D eigenvalue weighted by Gasteiger charge is -2.27. The molecule has 0 saturated heterocycles. The Bertz CT molecular complexity index is 459. The monoisotopic (exact) mass is 247 g/mol. The molecule has 2 N–H and O–H groups in total. The zero-order valence-electron chi connectivity index (χ0n) is 10.4. The maximum Gasteiger partial charge on any atom is 0.252 e. The molecule has 5 heteroatoms. The number of hydrazine groups is 1. The van der Waals surface area contributed by atoms with Crippen LogP contribution >= 0.6 is 0 Å². The molecular formula is C13H17N3O2. The maximum atomic E-state index is 11.6. The summed E-state index contributed by atoms with van der Waals surface area (Å²) < 4.78 is 0. The fourth-order valence-corrected chi connectivity index (χ4v) is 2.09. The number of hydrogen-bond acceptors (Lipinski definition) is 3. The number of rotatable bonds is 2. The van der Waals surface area contributed by atoms with Crippen LogP contribution in [0.25, 0.3) is 0 Å². The van der Waals surface area contributed by atoms with Crippen LogP contribution in [0.15, 0.2) is 24.3 Å². The number of nitrogens with zero attached hydrogens (tertiary/aromatic N) is 1. The average Bonchev–Trinajstić information content (AvgIpc) is 2.36. The molecule has 0 fully saturated rings. The first-order valence-corrected chi connectivity index (χ1v) is 5.99. The van der Waals surface area contributed by atoms with Crippen molar-refractivity contribution in [2.24, 2.45) is 0 Å². The first kappa shape index (κ1) is 12.6. The molecular weight excluding hydrogens is 230 g/mol. The number of benzene rings is 1. The summed E-state index contributed by atoms with van der Waals surface area (Å²) in [5, 5.41) is 0. The van der Waals surface area contributed by atoms with Crippen molar-refractivity contribution in [2.45, 2.75) is 19.9 Å². The Morgan fingerprint density at radius 2 is 1.94 bits per heavy atom. The number of amides is 2. The highest BCUT2D eigenvalue weighted by Crippen LogP contribution is 2.17. The van der Waals surface area contributed by atoms with Crippen LogP contribution in [0.3, 0.4) is 0 Å². The minimum absolute atomic E-state index is 0.190. The second-order valence-electron chi connectivity index (χ2n) is 4.46. The summed E-state index contributed by atoms with van der Waals surface area (Å²) in [5.74, 6) is -0.461. The Balaban J connectivity index is 1.86. The van der Waals surface area contributed by atoms with Gasteiger partial charge < -0.3 is 0 Å². The van der Waals surface area contributed by atoms with E-state index in [0.29, 0.717) is 6.54 Å². The normalized spacial score (nSPS) is 14.7. The van der Waals surface area contributed by atoms with Gasteiger partial charge in [-0.1, -0.05) is 24.3 Å². The topological polar surface area (TPSA) is 61.4 Å². The summed E-state index contributed by atoms with van der Waals surface area (Å²) in [6.45, 7) is 3.31. The number of carbonyl (C=O) groups excluding carboxylic acids is 2. The molecule has 0 aromatic heterocycles. The van der Waals surface area contributed by atoms with Gasteiger partial charge in [-0.3, -0.25) is 25.3 Å². The maximum absolute atomic E-state index is 11.6. The van der Waals surface area contributed by atoms with E-state index in [1.807, 2.05) is 12.1 Å². The van der Waals surface area contributed by atoms with Gasteiger partial charge in [0.25, 0.3) is 5.91 Å². The van der Waals surface area contributed by atoms with Crippen molar-refractivity contribution in [3.8, 4) is 0 Å². The van der Waals surface area contributed by atoms with E-state index in [0.717, 1.165) is 19.5 Å². The summed E-state index contributed by atoms with van der Waals surface area (Å²) in [6.07, 6.45) is 0.962. The molecule has 0 aliphatic carbocycles. The van der Waals surface area contributed by atoms with Gasteiger partial charge in [0.2, 0.25) is 5.91 Å². The van der Waals surface area contributed by atoms with Crippen LogP contribution in [0, 0.1) is 0 Å². The minimum atomic E-state index is -0.271. The van der Waals surface area contributed by atoms with E-state index in [2.05, 4.69) is 27.9 Å². The number of nitrogens with one attached hydrogen (secondary N) is 2. The van der Waals surface area contributed by atoms with Crippen molar-refractivity contribution < 1.29 is 9.59 Å². The molecule has 1 aliphatic heterocycles. The lowest BCUT2D eigenvalue weighted by atomic mass is 10.00. The fraction of sp³-hybridized carbons (Fsp3) is 0.385. The lowest BCUT2D eigenvalue weighted by molar-refractivity contribution is -0.128. The van der Waals surface area contributed by atoms with Crippen molar-refractivity contribution in [1.29, 1.82) is 0 Å². The van der Waals surface area contributed by atoms with Gasteiger partial charge in [0.05, 0.1) is 6.54 Å². The van der Waals surface area contributed by atoms with Crippen LogP contribution in [-0.4, -0.2) is 29.8 Å². The van der Waals surface area contributed by atoms with E-state index in [4.69, 9.17) is 0 Å². The number of carbonyl (C=O) groups is 2. The summed E-state index contributed by atoms with van der Waals surface area (Å²) in [5.41, 5.74) is 7.29. The number of hydrogen-bond donors (Lipinski definition) is 2. The highest BCUT2D eigenvalue weighted by Gasteiger charge is 2.17. The Hall–Kier alpha value is -1.88. The molecule has 5 nitrogen and oxygen atoms in total. The smallest absolute Gasteiger partial charge is 0.252 e. The molecule has 2 amide bonds. The Morgan fingerprint density at radius 3 is 2.67 bits per heavy atom. The average molecular weight is 247 g/mol. The van der Waals surface area contributed by atoms with Crippen LogP contribution in [-0.2, 0) is 22.6 Å². The quantitative estimate of drug-likeness (QED) is 0.735. The van der Waals surface area contributed by atoms with Crippen molar-refractivity contribution in [3.05, 3.63) is 35.4 Å². The second kappa shape index (κ2) is 5.64. The predicted octanol–water partition coefficient (Wildman–Crippen LogP) is 0.212. The van der Waals surface area contributed by atoms with Gasteiger partial charge in [0, 0.05) is 20.0 Å². The van der Waals surface area contributed by atoms with Gasteiger partial charge >= 0.3 is 0 Å². The van der Waals surface area contributed by atoms with Crippen LogP contribution < -0.4 is 10.9 Å². The summed E-state index contributed by atoms with van der Waals surface area (Å²) in [7, 11) is 0. The zero-order valence-corrected chi connectivity index (χ0v) is 10.4. The van der Waals surface area contributed by atoms with E-state index in [1.165, 1.54) is 18.1 Å².